The first-order chi connectivity index (χ1) is 7.79. The van der Waals surface area contributed by atoms with E-state index in [9.17, 15) is 0 Å². The Balaban J connectivity index is 2.34. The maximum absolute atomic E-state index is 6.05. The second kappa shape index (κ2) is 5.20. The van der Waals surface area contributed by atoms with E-state index in [-0.39, 0.29) is 5.54 Å². The Hall–Kier alpha value is -0.530. The predicted octanol–water partition coefficient (Wildman–Crippen LogP) is 3.97. The molecule has 0 radical (unpaired) electrons. The Bertz CT molecular complexity index is 317. The summed E-state index contributed by atoms with van der Waals surface area (Å²) in [5, 5.41) is 0. The van der Waals surface area contributed by atoms with Crippen LogP contribution in [0.4, 0.5) is 0 Å². The van der Waals surface area contributed by atoms with Gasteiger partial charge in [0.15, 0.2) is 0 Å². The molecule has 1 fully saturated rings. The average Bonchev–Trinajstić information content (AvgIpc) is 2.39. The van der Waals surface area contributed by atoms with Gasteiger partial charge in [-0.05, 0) is 25.5 Å². The van der Waals surface area contributed by atoms with Crippen molar-refractivity contribution in [2.45, 2.75) is 37.6 Å². The molecule has 0 N–H and O–H groups in total. The molecule has 1 saturated carbocycles. The lowest BCUT2D eigenvalue weighted by Crippen LogP contribution is -2.44. The zero-order valence-corrected chi connectivity index (χ0v) is 10.7. The summed E-state index contributed by atoms with van der Waals surface area (Å²) in [6, 6.07) is 11.4. The highest BCUT2D eigenvalue weighted by Gasteiger charge is 2.36. The van der Waals surface area contributed by atoms with Crippen molar-refractivity contribution in [1.29, 1.82) is 0 Å². The third-order valence-corrected chi connectivity index (χ3v) is 4.26. The molecule has 0 saturated heterocycles. The van der Waals surface area contributed by atoms with E-state index >= 15 is 0 Å². The number of rotatable bonds is 3. The summed E-state index contributed by atoms with van der Waals surface area (Å²) in [6.07, 6.45) is 6.47. The van der Waals surface area contributed by atoms with Gasteiger partial charge in [0, 0.05) is 5.54 Å². The van der Waals surface area contributed by atoms with Crippen LogP contribution in [-0.4, -0.2) is 18.0 Å². The summed E-state index contributed by atoms with van der Waals surface area (Å²) >= 11 is 6.05. The van der Waals surface area contributed by atoms with Crippen molar-refractivity contribution in [1.82, 2.24) is 4.90 Å². The van der Waals surface area contributed by atoms with Crippen molar-refractivity contribution >= 4 is 11.6 Å². The molecule has 0 amide bonds. The van der Waals surface area contributed by atoms with E-state index in [1.807, 2.05) is 0 Å². The van der Waals surface area contributed by atoms with Crippen molar-refractivity contribution < 1.29 is 0 Å². The number of nitrogens with zero attached hydrogens (tertiary/aromatic N) is 1. The van der Waals surface area contributed by atoms with Gasteiger partial charge in [-0.1, -0.05) is 49.6 Å². The van der Waals surface area contributed by atoms with Crippen molar-refractivity contribution in [2.75, 3.05) is 13.1 Å². The lowest BCUT2D eigenvalue weighted by molar-refractivity contribution is 0.0910. The molecule has 2 rings (SSSR count). The Morgan fingerprint density at radius 3 is 2.31 bits per heavy atom. The zero-order valence-electron chi connectivity index (χ0n) is 9.95. The average molecular weight is 238 g/mol. The van der Waals surface area contributed by atoms with Crippen LogP contribution in [0.25, 0.3) is 0 Å². The molecule has 0 atom stereocenters. The van der Waals surface area contributed by atoms with Gasteiger partial charge in [0.2, 0.25) is 0 Å². The molecule has 16 heavy (non-hydrogen) atoms. The highest BCUT2D eigenvalue weighted by molar-refractivity contribution is 6.17. The first-order valence-corrected chi connectivity index (χ1v) is 6.66. The molecule has 2 heteroatoms. The second-order valence-electron chi connectivity index (χ2n) is 4.78. The van der Waals surface area contributed by atoms with E-state index in [0.717, 1.165) is 0 Å². The molecule has 0 unspecified atom stereocenters. The van der Waals surface area contributed by atoms with Crippen molar-refractivity contribution in [3.05, 3.63) is 35.9 Å². The first-order valence-electron chi connectivity index (χ1n) is 6.12. The van der Waals surface area contributed by atoms with E-state index in [1.165, 1.54) is 37.7 Å². The lowest BCUT2D eigenvalue weighted by Gasteiger charge is -2.44. The van der Waals surface area contributed by atoms with Crippen molar-refractivity contribution in [3.63, 3.8) is 0 Å². The fourth-order valence-electron chi connectivity index (χ4n) is 2.89. The summed E-state index contributed by atoms with van der Waals surface area (Å²) in [7, 11) is 2.14. The molecule has 1 aliphatic carbocycles. The standard InChI is InChI=1S/C14H20ClN/c1-16(12-15)14(10-6-3-7-11-14)13-8-4-2-5-9-13/h2,4-5,8-9H,3,6-7,10-12H2,1H3. The molecule has 1 aromatic carbocycles. The molecule has 1 aromatic rings. The normalized spacial score (nSPS) is 19.9. The summed E-state index contributed by atoms with van der Waals surface area (Å²) < 4.78 is 0. The van der Waals surface area contributed by atoms with Crippen LogP contribution in [0.3, 0.4) is 0 Å². The minimum Gasteiger partial charge on any atom is -0.283 e. The Morgan fingerprint density at radius 2 is 1.75 bits per heavy atom. The fourth-order valence-corrected chi connectivity index (χ4v) is 3.12. The number of hydrogen-bond acceptors (Lipinski definition) is 1. The van der Waals surface area contributed by atoms with Gasteiger partial charge >= 0.3 is 0 Å². The van der Waals surface area contributed by atoms with Crippen LogP contribution in [0.15, 0.2) is 30.3 Å². The van der Waals surface area contributed by atoms with Crippen molar-refractivity contribution in [2.24, 2.45) is 0 Å². The smallest absolute Gasteiger partial charge is 0.0743 e. The van der Waals surface area contributed by atoms with Crippen LogP contribution < -0.4 is 0 Å². The van der Waals surface area contributed by atoms with Gasteiger partial charge in [-0.3, -0.25) is 4.90 Å². The van der Waals surface area contributed by atoms with E-state index in [2.05, 4.69) is 42.3 Å². The number of hydrogen-bond donors (Lipinski definition) is 0. The molecule has 0 bridgehead atoms. The second-order valence-corrected chi connectivity index (χ2v) is 5.01. The van der Waals surface area contributed by atoms with E-state index in [1.54, 1.807) is 0 Å². The minimum absolute atomic E-state index is 0.182. The molecule has 88 valence electrons. The van der Waals surface area contributed by atoms with Crippen LogP contribution in [0.5, 0.6) is 0 Å². The van der Waals surface area contributed by atoms with Gasteiger partial charge < -0.3 is 0 Å². The Labute approximate surface area is 103 Å². The van der Waals surface area contributed by atoms with E-state index < -0.39 is 0 Å². The fraction of sp³-hybridized carbons (Fsp3) is 0.571. The van der Waals surface area contributed by atoms with Gasteiger partial charge in [0.05, 0.1) is 6.00 Å². The summed E-state index contributed by atoms with van der Waals surface area (Å²) in [6.45, 7) is 0. The molecule has 1 nitrogen and oxygen atoms in total. The zero-order chi connectivity index (χ0) is 11.4. The summed E-state index contributed by atoms with van der Waals surface area (Å²) in [4.78, 5) is 2.31. The quantitative estimate of drug-likeness (QED) is 0.568. The summed E-state index contributed by atoms with van der Waals surface area (Å²) in [5.41, 5.74) is 1.61. The van der Waals surface area contributed by atoms with Gasteiger partial charge in [0.1, 0.15) is 0 Å². The molecule has 0 aromatic heterocycles. The molecule has 0 heterocycles. The monoisotopic (exact) mass is 237 g/mol. The highest BCUT2D eigenvalue weighted by atomic mass is 35.5. The molecular weight excluding hydrogens is 218 g/mol. The SMILES string of the molecule is CN(CCl)C1(c2ccccc2)CCCCC1. The van der Waals surface area contributed by atoms with Gasteiger partial charge in [-0.15, -0.1) is 11.6 Å². The van der Waals surface area contributed by atoms with Crippen LogP contribution in [-0.2, 0) is 5.54 Å². The van der Waals surface area contributed by atoms with Gasteiger partial charge in [-0.25, -0.2) is 0 Å². The predicted molar refractivity (Wildman–Crippen MR) is 69.7 cm³/mol. The molecule has 0 spiro atoms. The number of halogens is 1. The van der Waals surface area contributed by atoms with Crippen LogP contribution in [0, 0.1) is 0 Å². The largest absolute Gasteiger partial charge is 0.283 e. The van der Waals surface area contributed by atoms with Crippen LogP contribution >= 0.6 is 11.6 Å². The topological polar surface area (TPSA) is 3.24 Å². The van der Waals surface area contributed by atoms with E-state index in [0.29, 0.717) is 6.00 Å². The summed E-state index contributed by atoms with van der Waals surface area (Å²) in [5.74, 6) is 0. The van der Waals surface area contributed by atoms with Gasteiger partial charge in [0.25, 0.3) is 0 Å². The Morgan fingerprint density at radius 1 is 1.12 bits per heavy atom. The lowest BCUT2D eigenvalue weighted by atomic mass is 9.76. The number of alkyl halides is 1. The Kier molecular flexibility index (Phi) is 3.88. The maximum atomic E-state index is 6.05. The number of benzene rings is 1. The maximum Gasteiger partial charge on any atom is 0.0743 e. The van der Waals surface area contributed by atoms with E-state index in [4.69, 9.17) is 11.6 Å². The minimum atomic E-state index is 0.182. The third kappa shape index (κ3) is 2.11. The first kappa shape index (κ1) is 11.9. The molecule has 0 aliphatic heterocycles. The molecule has 1 aliphatic rings. The van der Waals surface area contributed by atoms with Crippen LogP contribution in [0.1, 0.15) is 37.7 Å². The molecular formula is C14H20ClN. The third-order valence-electron chi connectivity index (χ3n) is 3.90. The highest BCUT2D eigenvalue weighted by Crippen LogP contribution is 2.41. The van der Waals surface area contributed by atoms with Crippen LogP contribution in [0.2, 0.25) is 0 Å². The van der Waals surface area contributed by atoms with Crippen molar-refractivity contribution in [3.8, 4) is 0 Å². The van der Waals surface area contributed by atoms with Gasteiger partial charge in [-0.2, -0.15) is 0 Å².